The van der Waals surface area contributed by atoms with E-state index in [0.717, 1.165) is 5.92 Å². The van der Waals surface area contributed by atoms with Crippen LogP contribution in [-0.4, -0.2) is 13.1 Å². The fourth-order valence-corrected chi connectivity index (χ4v) is 2.65. The van der Waals surface area contributed by atoms with Crippen LogP contribution in [0.4, 0.5) is 0 Å². The van der Waals surface area contributed by atoms with Gasteiger partial charge in [0.25, 0.3) is 0 Å². The van der Waals surface area contributed by atoms with Crippen molar-refractivity contribution in [3.8, 4) is 0 Å². The van der Waals surface area contributed by atoms with E-state index >= 15 is 0 Å². The van der Waals surface area contributed by atoms with Crippen LogP contribution in [0.3, 0.4) is 0 Å². The van der Waals surface area contributed by atoms with Gasteiger partial charge in [-0.3, -0.25) is 0 Å². The summed E-state index contributed by atoms with van der Waals surface area (Å²) in [6.07, 6.45) is 5.68. The van der Waals surface area contributed by atoms with Crippen LogP contribution < -0.4 is 5.32 Å². The summed E-state index contributed by atoms with van der Waals surface area (Å²) in [4.78, 5) is 0. The molecule has 1 heteroatoms. The molecule has 1 saturated carbocycles. The minimum Gasteiger partial charge on any atom is -0.317 e. The monoisotopic (exact) mass is 169 g/mol. The second-order valence-electron chi connectivity index (χ2n) is 4.92. The minimum absolute atomic E-state index is 0.556. The molecule has 0 heterocycles. The van der Waals surface area contributed by atoms with Gasteiger partial charge in [-0.05, 0) is 38.1 Å². The van der Waals surface area contributed by atoms with Crippen molar-refractivity contribution in [3.63, 3.8) is 0 Å². The first-order valence-corrected chi connectivity index (χ1v) is 5.25. The van der Waals surface area contributed by atoms with E-state index in [-0.39, 0.29) is 0 Å². The van der Waals surface area contributed by atoms with Gasteiger partial charge in [0.15, 0.2) is 0 Å². The Hall–Kier alpha value is -0.0400. The number of hydrogen-bond acceptors (Lipinski definition) is 1. The Labute approximate surface area is 76.9 Å². The highest BCUT2D eigenvalue weighted by atomic mass is 14.9. The lowest BCUT2D eigenvalue weighted by atomic mass is 9.66. The number of nitrogens with one attached hydrogen (secondary N) is 1. The third-order valence-electron chi connectivity index (χ3n) is 3.65. The summed E-state index contributed by atoms with van der Waals surface area (Å²) in [5.74, 6) is 0.872. The van der Waals surface area contributed by atoms with Gasteiger partial charge in [-0.2, -0.15) is 0 Å². The summed E-state index contributed by atoms with van der Waals surface area (Å²) in [5, 5.41) is 3.39. The lowest BCUT2D eigenvalue weighted by Gasteiger charge is -2.42. The predicted octanol–water partition coefficient (Wildman–Crippen LogP) is 2.81. The quantitative estimate of drug-likeness (QED) is 0.670. The summed E-state index contributed by atoms with van der Waals surface area (Å²) in [5.41, 5.74) is 0.556. The highest BCUT2D eigenvalue weighted by molar-refractivity contribution is 4.87. The number of rotatable bonds is 2. The average Bonchev–Trinajstić information content (AvgIpc) is 2.02. The molecule has 0 spiro atoms. The second kappa shape index (κ2) is 3.78. The summed E-state index contributed by atoms with van der Waals surface area (Å²) in [6.45, 7) is 7.16. The molecule has 2 atom stereocenters. The van der Waals surface area contributed by atoms with E-state index < -0.39 is 0 Å². The van der Waals surface area contributed by atoms with Gasteiger partial charge in [0, 0.05) is 6.04 Å². The van der Waals surface area contributed by atoms with E-state index in [2.05, 4.69) is 33.1 Å². The third-order valence-corrected chi connectivity index (χ3v) is 3.65. The molecule has 2 unspecified atom stereocenters. The normalized spacial score (nSPS) is 31.5. The zero-order chi connectivity index (χ0) is 9.19. The Kier molecular flexibility index (Phi) is 3.16. The predicted molar refractivity (Wildman–Crippen MR) is 54.3 cm³/mol. The van der Waals surface area contributed by atoms with Crippen LogP contribution >= 0.6 is 0 Å². The van der Waals surface area contributed by atoms with Crippen molar-refractivity contribution < 1.29 is 0 Å². The Morgan fingerprint density at radius 2 is 2.00 bits per heavy atom. The Bertz CT molecular complexity index is 140. The molecular weight excluding hydrogens is 146 g/mol. The van der Waals surface area contributed by atoms with Gasteiger partial charge in [0.05, 0.1) is 0 Å². The first-order chi connectivity index (χ1) is 5.58. The van der Waals surface area contributed by atoms with Gasteiger partial charge in [0.2, 0.25) is 0 Å². The molecule has 0 aromatic heterocycles. The molecule has 0 aliphatic heterocycles. The third kappa shape index (κ3) is 2.01. The smallest absolute Gasteiger partial charge is 0.00690 e. The van der Waals surface area contributed by atoms with E-state index in [0.29, 0.717) is 11.5 Å². The maximum absolute atomic E-state index is 3.39. The molecule has 0 bridgehead atoms. The fourth-order valence-electron chi connectivity index (χ4n) is 2.65. The largest absolute Gasteiger partial charge is 0.317 e. The summed E-state index contributed by atoms with van der Waals surface area (Å²) >= 11 is 0. The summed E-state index contributed by atoms with van der Waals surface area (Å²) in [7, 11) is 2.08. The first-order valence-electron chi connectivity index (χ1n) is 5.25. The van der Waals surface area contributed by atoms with Crippen molar-refractivity contribution in [3.05, 3.63) is 0 Å². The summed E-state index contributed by atoms with van der Waals surface area (Å²) < 4.78 is 0. The van der Waals surface area contributed by atoms with E-state index in [1.54, 1.807) is 0 Å². The zero-order valence-corrected chi connectivity index (χ0v) is 8.98. The Morgan fingerprint density at radius 3 is 2.50 bits per heavy atom. The van der Waals surface area contributed by atoms with Crippen molar-refractivity contribution in [2.75, 3.05) is 7.05 Å². The van der Waals surface area contributed by atoms with Crippen molar-refractivity contribution in [1.82, 2.24) is 5.32 Å². The molecule has 12 heavy (non-hydrogen) atoms. The van der Waals surface area contributed by atoms with Gasteiger partial charge < -0.3 is 5.32 Å². The van der Waals surface area contributed by atoms with Gasteiger partial charge in [0.1, 0.15) is 0 Å². The topological polar surface area (TPSA) is 12.0 Å². The van der Waals surface area contributed by atoms with Crippen LogP contribution in [0, 0.1) is 11.3 Å². The van der Waals surface area contributed by atoms with Crippen LogP contribution in [0.2, 0.25) is 0 Å². The molecule has 0 saturated heterocycles. The van der Waals surface area contributed by atoms with E-state index in [1.165, 1.54) is 25.7 Å². The van der Waals surface area contributed by atoms with Crippen molar-refractivity contribution >= 4 is 0 Å². The molecule has 1 N–H and O–H groups in total. The lowest BCUT2D eigenvalue weighted by Crippen LogP contribution is -2.41. The van der Waals surface area contributed by atoms with E-state index in [4.69, 9.17) is 0 Å². The van der Waals surface area contributed by atoms with Crippen LogP contribution in [0.25, 0.3) is 0 Å². The first kappa shape index (κ1) is 10.0. The van der Waals surface area contributed by atoms with Crippen molar-refractivity contribution in [2.24, 2.45) is 11.3 Å². The molecular formula is C11H23N. The highest BCUT2D eigenvalue weighted by Crippen LogP contribution is 2.42. The second-order valence-corrected chi connectivity index (χ2v) is 4.92. The molecule has 1 aliphatic carbocycles. The molecule has 1 aliphatic rings. The molecule has 72 valence electrons. The van der Waals surface area contributed by atoms with Crippen LogP contribution in [0.1, 0.15) is 46.5 Å². The maximum Gasteiger partial charge on any atom is 0.00690 e. The molecule has 0 radical (unpaired) electrons. The minimum atomic E-state index is 0.556. The highest BCUT2D eigenvalue weighted by Gasteiger charge is 2.34. The molecule has 1 fully saturated rings. The van der Waals surface area contributed by atoms with E-state index in [9.17, 15) is 0 Å². The molecule has 1 rings (SSSR count). The Morgan fingerprint density at radius 1 is 1.33 bits per heavy atom. The maximum atomic E-state index is 3.39. The van der Waals surface area contributed by atoms with Gasteiger partial charge in [-0.15, -0.1) is 0 Å². The van der Waals surface area contributed by atoms with Crippen molar-refractivity contribution in [2.45, 2.75) is 52.5 Å². The SMILES string of the molecule is CNC(C)C1CCCCC1(C)C. The van der Waals surface area contributed by atoms with Gasteiger partial charge in [-0.25, -0.2) is 0 Å². The molecule has 0 amide bonds. The fraction of sp³-hybridized carbons (Fsp3) is 1.00. The van der Waals surface area contributed by atoms with Crippen LogP contribution in [-0.2, 0) is 0 Å². The molecule has 0 aromatic rings. The zero-order valence-electron chi connectivity index (χ0n) is 8.98. The molecule has 1 nitrogen and oxygen atoms in total. The standard InChI is InChI=1S/C11H23N/c1-9(12-4)10-7-5-6-8-11(10,2)3/h9-10,12H,5-8H2,1-4H3. The number of hydrogen-bond donors (Lipinski definition) is 1. The van der Waals surface area contributed by atoms with Crippen molar-refractivity contribution in [1.29, 1.82) is 0 Å². The Balaban J connectivity index is 2.59. The lowest BCUT2D eigenvalue weighted by molar-refractivity contribution is 0.108. The van der Waals surface area contributed by atoms with Crippen LogP contribution in [0.5, 0.6) is 0 Å². The van der Waals surface area contributed by atoms with Crippen LogP contribution in [0.15, 0.2) is 0 Å². The van der Waals surface area contributed by atoms with Gasteiger partial charge in [-0.1, -0.05) is 26.7 Å². The average molecular weight is 169 g/mol. The molecule has 0 aromatic carbocycles. The van der Waals surface area contributed by atoms with E-state index in [1.807, 2.05) is 0 Å². The van der Waals surface area contributed by atoms with Gasteiger partial charge >= 0.3 is 0 Å². The summed E-state index contributed by atoms with van der Waals surface area (Å²) in [6, 6.07) is 0.681.